The maximum atomic E-state index is 11.7. The van der Waals surface area contributed by atoms with Gasteiger partial charge in [0.25, 0.3) is 0 Å². The molecular weight excluding hydrogens is 230 g/mol. The summed E-state index contributed by atoms with van der Waals surface area (Å²) < 4.78 is 10.6. The highest BCUT2D eigenvalue weighted by Gasteiger charge is 2.30. The van der Waals surface area contributed by atoms with Gasteiger partial charge in [-0.25, -0.2) is 0 Å². The summed E-state index contributed by atoms with van der Waals surface area (Å²) >= 11 is 0. The summed E-state index contributed by atoms with van der Waals surface area (Å²) in [4.78, 5) is 11.7. The van der Waals surface area contributed by atoms with Crippen LogP contribution in [-0.4, -0.2) is 31.8 Å². The lowest BCUT2D eigenvalue weighted by Crippen LogP contribution is -2.36. The highest BCUT2D eigenvalue weighted by molar-refractivity contribution is 5.76. The number of carbonyl (C=O) groups excluding carboxylic acids is 1. The van der Waals surface area contributed by atoms with Crippen molar-refractivity contribution in [2.45, 2.75) is 19.4 Å². The van der Waals surface area contributed by atoms with Crippen molar-refractivity contribution in [3.05, 3.63) is 30.3 Å². The molecule has 1 aromatic carbocycles. The lowest BCUT2D eigenvalue weighted by Gasteiger charge is -2.14. The lowest BCUT2D eigenvalue weighted by atomic mass is 10.0. The first kappa shape index (κ1) is 12.9. The zero-order chi connectivity index (χ0) is 12.8. The molecule has 1 aliphatic heterocycles. The predicted octanol–water partition coefficient (Wildman–Crippen LogP) is 1.61. The maximum Gasteiger partial charge on any atom is 0.323 e. The Hall–Kier alpha value is -1.55. The van der Waals surface area contributed by atoms with E-state index in [4.69, 9.17) is 9.47 Å². The quantitative estimate of drug-likeness (QED) is 0.636. The van der Waals surface area contributed by atoms with Crippen LogP contribution in [0.5, 0.6) is 5.75 Å². The molecule has 2 atom stereocenters. The van der Waals surface area contributed by atoms with Gasteiger partial charge in [0.2, 0.25) is 0 Å². The van der Waals surface area contributed by atoms with E-state index in [0.29, 0.717) is 19.1 Å². The highest BCUT2D eigenvalue weighted by atomic mass is 16.6. The first-order chi connectivity index (χ1) is 8.77. The van der Waals surface area contributed by atoms with Gasteiger partial charge in [0, 0.05) is 0 Å². The molecule has 0 bridgehead atoms. The zero-order valence-corrected chi connectivity index (χ0v) is 10.6. The number of benzene rings is 1. The van der Waals surface area contributed by atoms with Gasteiger partial charge >= 0.3 is 5.97 Å². The second-order valence-corrected chi connectivity index (χ2v) is 4.53. The van der Waals surface area contributed by atoms with Crippen molar-refractivity contribution in [1.82, 2.24) is 5.32 Å². The first-order valence-electron chi connectivity index (χ1n) is 6.35. The summed E-state index contributed by atoms with van der Waals surface area (Å²) in [6.07, 6.45) is 1.03. The van der Waals surface area contributed by atoms with Crippen LogP contribution in [0.4, 0.5) is 0 Å². The van der Waals surface area contributed by atoms with Crippen LogP contribution in [0.2, 0.25) is 0 Å². The average molecular weight is 249 g/mol. The first-order valence-corrected chi connectivity index (χ1v) is 6.35. The lowest BCUT2D eigenvalue weighted by molar-refractivity contribution is -0.147. The van der Waals surface area contributed by atoms with Gasteiger partial charge in [-0.3, -0.25) is 4.79 Å². The maximum absolute atomic E-state index is 11.7. The van der Waals surface area contributed by atoms with Crippen molar-refractivity contribution < 1.29 is 14.3 Å². The number of ether oxygens (including phenoxy) is 2. The molecule has 0 saturated carbocycles. The van der Waals surface area contributed by atoms with E-state index in [1.165, 1.54) is 0 Å². The smallest absolute Gasteiger partial charge is 0.323 e. The van der Waals surface area contributed by atoms with Crippen molar-refractivity contribution in [3.63, 3.8) is 0 Å². The van der Waals surface area contributed by atoms with Crippen molar-refractivity contribution >= 4 is 5.97 Å². The Labute approximate surface area is 107 Å². The van der Waals surface area contributed by atoms with Crippen molar-refractivity contribution in [2.75, 3.05) is 19.8 Å². The topological polar surface area (TPSA) is 47.6 Å². The van der Waals surface area contributed by atoms with Crippen LogP contribution >= 0.6 is 0 Å². The molecule has 4 heteroatoms. The fourth-order valence-electron chi connectivity index (χ4n) is 2.06. The molecule has 0 aromatic heterocycles. The molecular formula is C14H19NO3. The summed E-state index contributed by atoms with van der Waals surface area (Å²) in [6.45, 7) is 3.63. The average Bonchev–Trinajstić information content (AvgIpc) is 2.82. The van der Waals surface area contributed by atoms with E-state index in [0.717, 1.165) is 18.7 Å². The van der Waals surface area contributed by atoms with E-state index in [9.17, 15) is 4.79 Å². The minimum absolute atomic E-state index is 0.151. The minimum atomic E-state index is -0.170. The normalized spacial score (nSPS) is 22.7. The van der Waals surface area contributed by atoms with Gasteiger partial charge in [-0.2, -0.15) is 0 Å². The fraction of sp³-hybridized carbons (Fsp3) is 0.500. The van der Waals surface area contributed by atoms with Crippen LogP contribution in [-0.2, 0) is 9.53 Å². The molecule has 1 N–H and O–H groups in total. The largest absolute Gasteiger partial charge is 0.490 e. The van der Waals surface area contributed by atoms with Crippen LogP contribution in [0, 0.1) is 5.92 Å². The van der Waals surface area contributed by atoms with Crippen LogP contribution in [0.25, 0.3) is 0 Å². The Balaban J connectivity index is 1.65. The number of esters is 1. The molecule has 98 valence electrons. The number of carbonyl (C=O) groups is 1. The number of nitrogens with one attached hydrogen (secondary N) is 1. The Bertz CT molecular complexity index is 380. The molecule has 0 spiro atoms. The van der Waals surface area contributed by atoms with Gasteiger partial charge in [-0.05, 0) is 31.0 Å². The third-order valence-electron chi connectivity index (χ3n) is 3.13. The summed E-state index contributed by atoms with van der Waals surface area (Å²) in [6, 6.07) is 9.35. The predicted molar refractivity (Wildman–Crippen MR) is 68.5 cm³/mol. The van der Waals surface area contributed by atoms with Gasteiger partial charge in [0.15, 0.2) is 0 Å². The second kappa shape index (κ2) is 6.40. The minimum Gasteiger partial charge on any atom is -0.490 e. The van der Waals surface area contributed by atoms with Crippen LogP contribution in [0.15, 0.2) is 30.3 Å². The molecule has 1 fully saturated rings. The van der Waals surface area contributed by atoms with Crippen LogP contribution in [0.1, 0.15) is 13.3 Å². The van der Waals surface area contributed by atoms with Gasteiger partial charge < -0.3 is 14.8 Å². The van der Waals surface area contributed by atoms with E-state index in [1.54, 1.807) is 0 Å². The van der Waals surface area contributed by atoms with Crippen LogP contribution in [0.3, 0.4) is 0 Å². The molecule has 0 aliphatic carbocycles. The molecule has 4 nitrogen and oxygen atoms in total. The monoisotopic (exact) mass is 249 g/mol. The Kier molecular flexibility index (Phi) is 4.59. The van der Waals surface area contributed by atoms with E-state index in [-0.39, 0.29) is 12.0 Å². The third kappa shape index (κ3) is 3.47. The van der Waals surface area contributed by atoms with E-state index < -0.39 is 0 Å². The molecule has 1 saturated heterocycles. The summed E-state index contributed by atoms with van der Waals surface area (Å²) in [5.74, 6) is 0.977. The van der Waals surface area contributed by atoms with Crippen LogP contribution < -0.4 is 10.1 Å². The van der Waals surface area contributed by atoms with Crippen molar-refractivity contribution in [3.8, 4) is 5.75 Å². The standard InChI is InChI=1S/C14H19NO3/c1-11-7-8-15-13(11)14(16)18-10-9-17-12-5-3-2-4-6-12/h2-6,11,13,15H,7-10H2,1H3. The summed E-state index contributed by atoms with van der Waals surface area (Å²) in [7, 11) is 0. The number of rotatable bonds is 5. The zero-order valence-electron chi connectivity index (χ0n) is 10.6. The number of hydrogen-bond donors (Lipinski definition) is 1. The van der Waals surface area contributed by atoms with Crippen molar-refractivity contribution in [1.29, 1.82) is 0 Å². The summed E-state index contributed by atoms with van der Waals surface area (Å²) in [5.41, 5.74) is 0. The third-order valence-corrected chi connectivity index (χ3v) is 3.13. The van der Waals surface area contributed by atoms with E-state index in [1.807, 2.05) is 30.3 Å². The molecule has 0 radical (unpaired) electrons. The Morgan fingerprint density at radius 1 is 1.33 bits per heavy atom. The second-order valence-electron chi connectivity index (χ2n) is 4.53. The van der Waals surface area contributed by atoms with Gasteiger partial charge in [-0.15, -0.1) is 0 Å². The molecule has 0 amide bonds. The van der Waals surface area contributed by atoms with Gasteiger partial charge in [0.05, 0.1) is 0 Å². The number of hydrogen-bond acceptors (Lipinski definition) is 4. The summed E-state index contributed by atoms with van der Waals surface area (Å²) in [5, 5.41) is 3.15. The molecule has 2 rings (SSSR count). The van der Waals surface area contributed by atoms with E-state index in [2.05, 4.69) is 12.2 Å². The Morgan fingerprint density at radius 2 is 2.11 bits per heavy atom. The highest BCUT2D eigenvalue weighted by Crippen LogP contribution is 2.15. The molecule has 1 heterocycles. The SMILES string of the molecule is CC1CCNC1C(=O)OCCOc1ccccc1. The van der Waals surface area contributed by atoms with Gasteiger partial charge in [0.1, 0.15) is 25.0 Å². The fourth-order valence-corrected chi connectivity index (χ4v) is 2.06. The number of para-hydroxylation sites is 1. The van der Waals surface area contributed by atoms with Crippen molar-refractivity contribution in [2.24, 2.45) is 5.92 Å². The molecule has 1 aromatic rings. The van der Waals surface area contributed by atoms with Gasteiger partial charge in [-0.1, -0.05) is 25.1 Å². The molecule has 2 unspecified atom stereocenters. The Morgan fingerprint density at radius 3 is 2.78 bits per heavy atom. The molecule has 1 aliphatic rings. The molecule has 18 heavy (non-hydrogen) atoms. The van der Waals surface area contributed by atoms with E-state index >= 15 is 0 Å².